The van der Waals surface area contributed by atoms with Crippen molar-refractivity contribution < 1.29 is 8.42 Å². The van der Waals surface area contributed by atoms with Crippen molar-refractivity contribution >= 4 is 61.2 Å². The highest BCUT2D eigenvalue weighted by atomic mass is 127. The van der Waals surface area contributed by atoms with Crippen molar-refractivity contribution in [1.29, 1.82) is 0 Å². The first-order valence-corrected chi connectivity index (χ1v) is 9.44. The van der Waals surface area contributed by atoms with E-state index in [1.165, 1.54) is 11.3 Å². The zero-order valence-electron chi connectivity index (χ0n) is 10.3. The van der Waals surface area contributed by atoms with Gasteiger partial charge in [-0.05, 0) is 65.9 Å². The van der Waals surface area contributed by atoms with Crippen LogP contribution in [0.2, 0.25) is 5.02 Å². The zero-order chi connectivity index (χ0) is 14.8. The van der Waals surface area contributed by atoms with E-state index in [-0.39, 0.29) is 4.21 Å². The van der Waals surface area contributed by atoms with Crippen LogP contribution in [0.15, 0.2) is 34.5 Å². The third-order valence-electron chi connectivity index (χ3n) is 2.47. The second-order valence-electron chi connectivity index (χ2n) is 3.99. The van der Waals surface area contributed by atoms with Gasteiger partial charge in [-0.15, -0.1) is 11.3 Å². The summed E-state index contributed by atoms with van der Waals surface area (Å²) in [5.41, 5.74) is 5.84. The van der Waals surface area contributed by atoms with Crippen LogP contribution in [0.1, 0.15) is 4.88 Å². The van der Waals surface area contributed by atoms with Crippen LogP contribution in [-0.2, 0) is 16.4 Å². The molecule has 8 heteroatoms. The fraction of sp³-hybridized carbons (Fsp3) is 0.167. The standard InChI is InChI=1S/C12H12ClIN2O2S2/c13-10-7-8(14)1-3-11(10)16-20(17,18)12-4-2-9(19-12)5-6-15/h1-4,7,16H,5-6,15H2. The highest BCUT2D eigenvalue weighted by Gasteiger charge is 2.18. The average Bonchev–Trinajstić information content (AvgIpc) is 2.83. The Kier molecular flexibility index (Phi) is 5.30. The molecule has 3 N–H and O–H groups in total. The van der Waals surface area contributed by atoms with Crippen molar-refractivity contribution in [3.63, 3.8) is 0 Å². The number of anilines is 1. The molecule has 0 bridgehead atoms. The first kappa shape index (κ1) is 16.0. The van der Waals surface area contributed by atoms with Gasteiger partial charge in [-0.1, -0.05) is 11.6 Å². The normalized spacial score (nSPS) is 11.6. The van der Waals surface area contributed by atoms with Crippen LogP contribution >= 0.6 is 45.5 Å². The van der Waals surface area contributed by atoms with Crippen LogP contribution in [-0.4, -0.2) is 15.0 Å². The quantitative estimate of drug-likeness (QED) is 0.698. The molecule has 1 heterocycles. The molecule has 0 aliphatic carbocycles. The van der Waals surface area contributed by atoms with Gasteiger partial charge in [-0.25, -0.2) is 8.42 Å². The maximum Gasteiger partial charge on any atom is 0.271 e. The lowest BCUT2D eigenvalue weighted by molar-refractivity contribution is 0.603. The number of rotatable bonds is 5. The van der Waals surface area contributed by atoms with Gasteiger partial charge in [0.15, 0.2) is 0 Å². The molecule has 2 aromatic rings. The van der Waals surface area contributed by atoms with E-state index in [4.69, 9.17) is 17.3 Å². The third kappa shape index (κ3) is 3.85. The third-order valence-corrected chi connectivity index (χ3v) is 6.45. The molecule has 0 atom stereocenters. The summed E-state index contributed by atoms with van der Waals surface area (Å²) in [7, 11) is -3.61. The lowest BCUT2D eigenvalue weighted by atomic mass is 10.3. The van der Waals surface area contributed by atoms with E-state index in [9.17, 15) is 8.42 Å². The Morgan fingerprint density at radius 1 is 1.30 bits per heavy atom. The van der Waals surface area contributed by atoms with E-state index in [0.29, 0.717) is 23.7 Å². The van der Waals surface area contributed by atoms with E-state index in [0.717, 1.165) is 8.45 Å². The molecule has 4 nitrogen and oxygen atoms in total. The van der Waals surface area contributed by atoms with Crippen molar-refractivity contribution in [3.8, 4) is 0 Å². The predicted molar refractivity (Wildman–Crippen MR) is 92.1 cm³/mol. The average molecular weight is 443 g/mol. The molecule has 2 rings (SSSR count). The first-order valence-electron chi connectivity index (χ1n) is 5.69. The number of hydrogen-bond acceptors (Lipinski definition) is 4. The first-order chi connectivity index (χ1) is 9.42. The van der Waals surface area contributed by atoms with Gasteiger partial charge in [0, 0.05) is 8.45 Å². The van der Waals surface area contributed by atoms with Crippen LogP contribution in [0.25, 0.3) is 0 Å². The SMILES string of the molecule is NCCc1ccc(S(=O)(=O)Nc2ccc(I)cc2Cl)s1. The molecule has 0 saturated heterocycles. The van der Waals surface area contributed by atoms with Crippen LogP contribution in [0.3, 0.4) is 0 Å². The summed E-state index contributed by atoms with van der Waals surface area (Å²) in [6.07, 6.45) is 0.671. The number of sulfonamides is 1. The van der Waals surface area contributed by atoms with Crippen molar-refractivity contribution in [2.45, 2.75) is 10.6 Å². The van der Waals surface area contributed by atoms with Gasteiger partial charge in [-0.2, -0.15) is 0 Å². The van der Waals surface area contributed by atoms with Crippen molar-refractivity contribution in [1.82, 2.24) is 0 Å². The van der Waals surface area contributed by atoms with Gasteiger partial charge in [-0.3, -0.25) is 4.72 Å². The summed E-state index contributed by atoms with van der Waals surface area (Å²) in [5, 5.41) is 0.374. The second-order valence-corrected chi connectivity index (χ2v) is 8.72. The maximum atomic E-state index is 12.3. The molecule has 108 valence electrons. The highest BCUT2D eigenvalue weighted by molar-refractivity contribution is 14.1. The van der Waals surface area contributed by atoms with Gasteiger partial charge in [0.2, 0.25) is 0 Å². The fourth-order valence-electron chi connectivity index (χ4n) is 1.55. The maximum absolute atomic E-state index is 12.3. The Balaban J connectivity index is 2.26. The summed E-state index contributed by atoms with van der Waals surface area (Å²) < 4.78 is 28.2. The Hall–Kier alpha value is -0.350. The summed E-state index contributed by atoms with van der Waals surface area (Å²) >= 11 is 9.36. The molecule has 1 aromatic heterocycles. The molecule has 20 heavy (non-hydrogen) atoms. The number of nitrogens with one attached hydrogen (secondary N) is 1. The number of halogens is 2. The van der Waals surface area contributed by atoms with E-state index in [1.807, 2.05) is 0 Å². The number of thiophene rings is 1. The molecule has 0 aliphatic heterocycles. The van der Waals surface area contributed by atoms with Crippen molar-refractivity contribution in [2.24, 2.45) is 5.73 Å². The number of hydrogen-bond donors (Lipinski definition) is 2. The van der Waals surface area contributed by atoms with E-state index >= 15 is 0 Å². The highest BCUT2D eigenvalue weighted by Crippen LogP contribution is 2.28. The molecule has 0 unspecified atom stereocenters. The molecule has 0 saturated carbocycles. The fourth-order valence-corrected chi connectivity index (χ4v) is 4.96. The molecule has 0 amide bonds. The van der Waals surface area contributed by atoms with Crippen LogP contribution in [0.4, 0.5) is 5.69 Å². The summed E-state index contributed by atoms with van der Waals surface area (Å²) in [6, 6.07) is 8.50. The van der Waals surface area contributed by atoms with Gasteiger partial charge >= 0.3 is 0 Å². The van der Waals surface area contributed by atoms with Crippen LogP contribution in [0, 0.1) is 3.57 Å². The minimum Gasteiger partial charge on any atom is -0.330 e. The topological polar surface area (TPSA) is 72.2 Å². The minimum atomic E-state index is -3.61. The van der Waals surface area contributed by atoms with Crippen LogP contribution < -0.4 is 10.5 Å². The predicted octanol–water partition coefficient (Wildman–Crippen LogP) is 3.31. The molecule has 0 radical (unpaired) electrons. The largest absolute Gasteiger partial charge is 0.330 e. The van der Waals surface area contributed by atoms with Gasteiger partial charge in [0.25, 0.3) is 10.0 Å². The van der Waals surface area contributed by atoms with Crippen molar-refractivity contribution in [2.75, 3.05) is 11.3 Å². The molecule has 1 aromatic carbocycles. The van der Waals surface area contributed by atoms with Crippen LogP contribution in [0.5, 0.6) is 0 Å². The van der Waals surface area contributed by atoms with Crippen molar-refractivity contribution in [3.05, 3.63) is 43.8 Å². The Morgan fingerprint density at radius 3 is 2.70 bits per heavy atom. The van der Waals surface area contributed by atoms with Gasteiger partial charge < -0.3 is 5.73 Å². The lowest BCUT2D eigenvalue weighted by Gasteiger charge is -2.08. The number of nitrogens with two attached hydrogens (primary N) is 1. The molecular formula is C12H12ClIN2O2S2. The Morgan fingerprint density at radius 2 is 2.05 bits per heavy atom. The minimum absolute atomic E-state index is 0.260. The van der Waals surface area contributed by atoms with E-state index in [1.54, 1.807) is 30.3 Å². The molecule has 0 fully saturated rings. The van der Waals surface area contributed by atoms with Gasteiger partial charge in [0.05, 0.1) is 10.7 Å². The monoisotopic (exact) mass is 442 g/mol. The molecule has 0 spiro atoms. The summed E-state index contributed by atoms with van der Waals surface area (Å²) in [6.45, 7) is 0.496. The van der Waals surface area contributed by atoms with Gasteiger partial charge in [0.1, 0.15) is 4.21 Å². The van der Waals surface area contributed by atoms with E-state index in [2.05, 4.69) is 27.3 Å². The molecular weight excluding hydrogens is 431 g/mol. The Labute approximate surface area is 140 Å². The zero-order valence-corrected chi connectivity index (χ0v) is 14.8. The Bertz CT molecular complexity index is 716. The lowest BCUT2D eigenvalue weighted by Crippen LogP contribution is -2.11. The smallest absolute Gasteiger partial charge is 0.271 e. The second kappa shape index (κ2) is 6.61. The summed E-state index contributed by atoms with van der Waals surface area (Å²) in [4.78, 5) is 0.946. The number of benzene rings is 1. The van der Waals surface area contributed by atoms with E-state index < -0.39 is 10.0 Å². The summed E-state index contributed by atoms with van der Waals surface area (Å²) in [5.74, 6) is 0. The molecule has 0 aliphatic rings.